The van der Waals surface area contributed by atoms with Gasteiger partial charge < -0.3 is 20.5 Å². The zero-order valence-corrected chi connectivity index (χ0v) is 40.7. The fraction of sp³-hybridized carbons (Fsp3) is 0.396. The molecular weight excluding hydrogens is 810 g/mol. The van der Waals surface area contributed by atoms with Gasteiger partial charge in [-0.25, -0.2) is 18.2 Å². The smallest absolute Gasteiger partial charge is 0.190 e. The van der Waals surface area contributed by atoms with Gasteiger partial charge in [-0.1, -0.05) is 97.5 Å². The van der Waals surface area contributed by atoms with E-state index in [1.165, 1.54) is 18.3 Å². The number of nitrogens with zero attached hydrogens (tertiary/aromatic N) is 3. The number of hydrogen-bond acceptors (Lipinski definition) is 6. The molecule has 342 valence electrons. The number of aromatic nitrogens is 2. The van der Waals surface area contributed by atoms with Gasteiger partial charge >= 0.3 is 0 Å². The second-order valence-electron chi connectivity index (χ2n) is 14.9. The summed E-state index contributed by atoms with van der Waals surface area (Å²) in [5.74, 6) is -2.93. The second kappa shape index (κ2) is 27.8. The first kappa shape index (κ1) is 53.9. The summed E-state index contributed by atoms with van der Waals surface area (Å²) < 4.78 is 42.9. The second-order valence-corrected chi connectivity index (χ2v) is 14.9. The van der Waals surface area contributed by atoms with Crippen LogP contribution in [0.25, 0.3) is 23.0 Å². The number of anilines is 2. The van der Waals surface area contributed by atoms with Crippen LogP contribution in [0.15, 0.2) is 113 Å². The van der Waals surface area contributed by atoms with E-state index in [-0.39, 0.29) is 24.5 Å². The van der Waals surface area contributed by atoms with Crippen molar-refractivity contribution in [3.05, 3.63) is 142 Å². The van der Waals surface area contributed by atoms with Gasteiger partial charge in [0.15, 0.2) is 11.7 Å². The van der Waals surface area contributed by atoms with Crippen LogP contribution in [0, 0.1) is 6.92 Å². The van der Waals surface area contributed by atoms with Gasteiger partial charge in [0.2, 0.25) is 0 Å². The summed E-state index contributed by atoms with van der Waals surface area (Å²) in [6.45, 7) is 34.1. The van der Waals surface area contributed by atoms with Crippen molar-refractivity contribution in [2.75, 3.05) is 30.0 Å². The summed E-state index contributed by atoms with van der Waals surface area (Å²) in [4.78, 5) is 15.4. The van der Waals surface area contributed by atoms with Crippen LogP contribution >= 0.6 is 12.6 Å². The number of rotatable bonds is 19. The summed E-state index contributed by atoms with van der Waals surface area (Å²) in [5, 5.41) is 7.14. The number of fused-ring (bicyclic) bond motifs is 1. The number of aromatic amines is 1. The maximum absolute atomic E-state index is 14.8. The molecule has 4 aromatic rings. The Bertz CT molecular complexity index is 2190. The Morgan fingerprint density at radius 2 is 1.52 bits per heavy atom. The van der Waals surface area contributed by atoms with E-state index >= 15 is 0 Å². The molecule has 0 spiro atoms. The molecule has 0 radical (unpaired) electrons. The quantitative estimate of drug-likeness (QED) is 0.0430. The van der Waals surface area contributed by atoms with Gasteiger partial charge in [0.05, 0.1) is 17.1 Å². The molecule has 1 aliphatic rings. The molecule has 63 heavy (non-hydrogen) atoms. The topological polar surface area (TPSA) is 68.3 Å². The summed E-state index contributed by atoms with van der Waals surface area (Å²) in [7, 11) is 0. The molecule has 0 bridgehead atoms. The molecule has 0 saturated heterocycles. The van der Waals surface area contributed by atoms with E-state index in [1.54, 1.807) is 13.2 Å². The number of hydrogen-bond donors (Lipinski definition) is 4. The normalized spacial score (nSPS) is 12.8. The predicted octanol–water partition coefficient (Wildman–Crippen LogP) is 16.3. The average Bonchev–Trinajstić information content (AvgIpc) is 3.75. The molecule has 0 amide bonds. The number of nitrogens with one attached hydrogen (secondary N) is 3. The summed E-state index contributed by atoms with van der Waals surface area (Å²) >= 11 is 3.53. The number of imidazole rings is 1. The van der Waals surface area contributed by atoms with E-state index in [9.17, 15) is 13.2 Å². The lowest BCUT2D eigenvalue weighted by molar-refractivity contribution is 0.334. The van der Waals surface area contributed by atoms with Crippen LogP contribution in [-0.4, -0.2) is 40.9 Å². The third-order valence-corrected chi connectivity index (χ3v) is 10.5. The Balaban J connectivity index is 0.00000218. The molecule has 1 aliphatic carbocycles. The Kier molecular flexibility index (Phi) is 23.8. The van der Waals surface area contributed by atoms with E-state index in [0.29, 0.717) is 17.7 Å². The molecule has 0 aliphatic heterocycles. The minimum atomic E-state index is -1.48. The molecule has 1 unspecified atom stereocenters. The molecule has 0 saturated carbocycles. The van der Waals surface area contributed by atoms with E-state index < -0.39 is 17.5 Å². The van der Waals surface area contributed by atoms with Crippen LogP contribution in [-0.2, 0) is 13.0 Å². The third kappa shape index (κ3) is 14.9. The SMILES string of the molecule is C=Nc1cc(C(C)Nc2ccc(-c3nc4c([nH]3)CCC(N(CCC)CCC)=C4)cc2C)ccc1NCc1ccc(C(=C)C/C(C(=C)C)=C(F)/C(F)=C(/F)CC)cc1.CC.CC.CS. The van der Waals surface area contributed by atoms with Crippen LogP contribution < -0.4 is 10.6 Å². The number of H-pyrrole nitrogens is 1. The standard InChI is InChI=1S/C48H57F3N6.2C2H6.CH4S/c1-10-23-57(24-11-2)38-19-22-43-45(28-38)56-48(55-43)37-18-20-41(32(7)25-37)54-33(8)36-17-21-42(44(27-36)52-9)53-29-34-13-15-35(16-14-34)31(6)26-39(30(4)5)46(50)47(51)40(49)12-3;3*1-2/h13-18,20-21,25,27-28,33,53-54H,4,6,9-12,19,22-24,26,29H2,1-3,5,7-8H3,(H,55,56);2*1-2H3;2H,1H3/b46-39+,47-40-;;;. The van der Waals surface area contributed by atoms with Crippen LogP contribution in [0.2, 0.25) is 0 Å². The van der Waals surface area contributed by atoms with Crippen molar-refractivity contribution in [2.24, 2.45) is 4.99 Å². The third-order valence-electron chi connectivity index (χ3n) is 10.5. The van der Waals surface area contributed by atoms with E-state index in [0.717, 1.165) is 95.2 Å². The lowest BCUT2D eigenvalue weighted by atomic mass is 9.94. The van der Waals surface area contributed by atoms with E-state index in [4.69, 9.17) is 4.98 Å². The zero-order chi connectivity index (χ0) is 47.2. The minimum Gasteiger partial charge on any atom is -0.379 e. The van der Waals surface area contributed by atoms with Crippen molar-refractivity contribution in [3.8, 4) is 11.4 Å². The van der Waals surface area contributed by atoms with Gasteiger partial charge in [-0.05, 0) is 136 Å². The summed E-state index contributed by atoms with van der Waals surface area (Å²) in [5.41, 5.74) is 12.2. The Morgan fingerprint density at radius 3 is 2.10 bits per heavy atom. The Hall–Kier alpha value is -5.22. The number of benzene rings is 3. The molecule has 10 heteroatoms. The van der Waals surface area contributed by atoms with Crippen molar-refractivity contribution < 1.29 is 13.2 Å². The molecule has 3 aromatic carbocycles. The van der Waals surface area contributed by atoms with Gasteiger partial charge in [-0.15, -0.1) is 0 Å². The number of aryl methyl sites for hydroxylation is 2. The fourth-order valence-corrected chi connectivity index (χ4v) is 7.12. The minimum absolute atomic E-state index is 0.00487. The highest BCUT2D eigenvalue weighted by Gasteiger charge is 2.21. The highest BCUT2D eigenvalue weighted by molar-refractivity contribution is 7.79. The first-order valence-corrected chi connectivity index (χ1v) is 23.3. The lowest BCUT2D eigenvalue weighted by Crippen LogP contribution is -2.26. The molecule has 1 heterocycles. The monoisotopic (exact) mass is 883 g/mol. The van der Waals surface area contributed by atoms with Crippen molar-refractivity contribution in [3.63, 3.8) is 0 Å². The average molecular weight is 883 g/mol. The molecular formula is C53H73F3N6S. The number of aliphatic imine (C=N–C) groups is 1. The van der Waals surface area contributed by atoms with Crippen molar-refractivity contribution >= 4 is 48.1 Å². The molecule has 1 atom stereocenters. The number of halogens is 3. The number of thiol groups is 1. The lowest BCUT2D eigenvalue weighted by Gasteiger charge is -2.28. The van der Waals surface area contributed by atoms with Crippen LogP contribution in [0.1, 0.15) is 134 Å². The van der Waals surface area contributed by atoms with Crippen molar-refractivity contribution in [1.82, 2.24) is 14.9 Å². The highest BCUT2D eigenvalue weighted by Crippen LogP contribution is 2.35. The van der Waals surface area contributed by atoms with Crippen molar-refractivity contribution in [1.29, 1.82) is 0 Å². The Labute approximate surface area is 383 Å². The molecule has 0 fully saturated rings. The zero-order valence-electron chi connectivity index (χ0n) is 39.8. The van der Waals surface area contributed by atoms with E-state index in [1.807, 2.05) is 64.1 Å². The van der Waals surface area contributed by atoms with Gasteiger partial charge in [0.25, 0.3) is 0 Å². The molecule has 5 rings (SSSR count). The van der Waals surface area contributed by atoms with Crippen LogP contribution in [0.4, 0.5) is 30.2 Å². The summed E-state index contributed by atoms with van der Waals surface area (Å²) in [6.07, 6.45) is 8.02. The first-order chi connectivity index (χ1) is 30.4. The van der Waals surface area contributed by atoms with Gasteiger partial charge in [-0.2, -0.15) is 12.6 Å². The maximum atomic E-state index is 14.8. The molecule has 6 nitrogen and oxygen atoms in total. The Morgan fingerprint density at radius 1 is 0.889 bits per heavy atom. The molecule has 1 aromatic heterocycles. The van der Waals surface area contributed by atoms with Gasteiger partial charge in [0.1, 0.15) is 11.7 Å². The highest BCUT2D eigenvalue weighted by atomic mass is 32.1. The largest absolute Gasteiger partial charge is 0.379 e. The number of allylic oxidation sites excluding steroid dienone is 7. The van der Waals surface area contributed by atoms with Crippen molar-refractivity contribution in [2.45, 2.75) is 120 Å². The van der Waals surface area contributed by atoms with Crippen LogP contribution in [0.5, 0.6) is 0 Å². The first-order valence-electron chi connectivity index (χ1n) is 22.4. The van der Waals surface area contributed by atoms with E-state index in [2.05, 4.69) is 116 Å². The molecule has 3 N–H and O–H groups in total. The van der Waals surface area contributed by atoms with Crippen LogP contribution in [0.3, 0.4) is 0 Å². The fourth-order valence-electron chi connectivity index (χ4n) is 7.12. The van der Waals surface area contributed by atoms with Gasteiger partial charge in [0, 0.05) is 54.7 Å². The van der Waals surface area contributed by atoms with Gasteiger partial charge in [-0.3, -0.25) is 4.99 Å². The summed E-state index contributed by atoms with van der Waals surface area (Å²) in [6, 6.07) is 20.2. The maximum Gasteiger partial charge on any atom is 0.190 e. The predicted molar refractivity (Wildman–Crippen MR) is 272 cm³/mol.